The first-order chi connectivity index (χ1) is 45.9. The van der Waals surface area contributed by atoms with Gasteiger partial charge in [0, 0.05) is 94.7 Å². The van der Waals surface area contributed by atoms with Crippen molar-refractivity contribution in [3.05, 3.63) is 71.9 Å². The summed E-state index contributed by atoms with van der Waals surface area (Å²) in [6.45, 7) is 22.3. The van der Waals surface area contributed by atoms with Crippen molar-refractivity contribution in [1.82, 2.24) is 0 Å². The molecule has 2 fully saturated rings. The quantitative estimate of drug-likeness (QED) is 0.0544. The Hall–Kier alpha value is -3.26. The van der Waals surface area contributed by atoms with Gasteiger partial charge in [-0.25, -0.2) is 9.59 Å². The minimum absolute atomic E-state index is 0.0308. The van der Waals surface area contributed by atoms with Crippen LogP contribution in [0.5, 0.6) is 0 Å². The number of hydrogen-bond acceptors (Lipinski definition) is 20. The Morgan fingerprint density at radius 2 is 0.845 bits per heavy atom. The number of hydrogen-bond donors (Lipinski definition) is 9. The van der Waals surface area contributed by atoms with E-state index in [1.807, 2.05) is 91.8 Å². The van der Waals surface area contributed by atoms with E-state index in [9.17, 15) is 55.5 Å². The molecule has 0 unspecified atom stereocenters. The Labute approximate surface area is 581 Å². The highest BCUT2D eigenvalue weighted by Crippen LogP contribution is 2.37. The lowest BCUT2D eigenvalue weighted by Gasteiger charge is -2.38. The molecular weight excluding hydrogens is 1240 g/mol. The van der Waals surface area contributed by atoms with Crippen LogP contribution in [0, 0.1) is 47.3 Å². The van der Waals surface area contributed by atoms with Gasteiger partial charge in [0.1, 0.15) is 12.2 Å². The highest BCUT2D eigenvalue weighted by molar-refractivity contribution is 5.83. The van der Waals surface area contributed by atoms with Crippen molar-refractivity contribution < 1.29 is 98.2 Å². The van der Waals surface area contributed by atoms with E-state index in [0.717, 1.165) is 12.8 Å². The van der Waals surface area contributed by atoms with Gasteiger partial charge < -0.3 is 88.6 Å². The minimum Gasteiger partial charge on any atom is -0.458 e. The Balaban J connectivity index is 1.36. The molecule has 20 heteroatoms. The van der Waals surface area contributed by atoms with Crippen molar-refractivity contribution in [2.75, 3.05) is 21.3 Å². The van der Waals surface area contributed by atoms with Gasteiger partial charge in [0.2, 0.25) is 0 Å². The average Bonchev–Trinajstić information content (AvgIpc) is 0.868. The van der Waals surface area contributed by atoms with Crippen molar-refractivity contribution in [3.8, 4) is 0 Å². The van der Waals surface area contributed by atoms with E-state index in [-0.39, 0.29) is 93.1 Å². The average molecular weight is 1380 g/mol. The molecule has 558 valence electrons. The van der Waals surface area contributed by atoms with Crippen LogP contribution in [0.3, 0.4) is 0 Å². The number of aliphatic hydroxyl groups excluding tert-OH is 9. The lowest BCUT2D eigenvalue weighted by molar-refractivity contribution is -0.158. The first kappa shape index (κ1) is 84.4. The van der Waals surface area contributed by atoms with Crippen LogP contribution in [-0.4, -0.2) is 214 Å². The predicted octanol–water partition coefficient (Wildman–Crippen LogP) is 9.45. The maximum atomic E-state index is 13.9. The molecule has 5 aliphatic heterocycles. The largest absolute Gasteiger partial charge is 0.458 e. The summed E-state index contributed by atoms with van der Waals surface area (Å²) >= 11 is 0. The molecule has 0 spiro atoms. The molecule has 0 aliphatic carbocycles. The molecule has 0 aromatic carbocycles. The number of carbonyl (C=O) groups is 2. The van der Waals surface area contributed by atoms with Crippen molar-refractivity contribution in [2.45, 2.75) is 333 Å². The fourth-order valence-corrected chi connectivity index (χ4v) is 15.2. The third-order valence-corrected chi connectivity index (χ3v) is 21.9. The summed E-state index contributed by atoms with van der Waals surface area (Å²) in [5.41, 5.74) is 1.37. The lowest BCUT2D eigenvalue weighted by Crippen LogP contribution is -2.45. The van der Waals surface area contributed by atoms with E-state index >= 15 is 0 Å². The van der Waals surface area contributed by atoms with Gasteiger partial charge in [0.15, 0.2) is 0 Å². The summed E-state index contributed by atoms with van der Waals surface area (Å²) in [4.78, 5) is 27.8. The van der Waals surface area contributed by atoms with Gasteiger partial charge >= 0.3 is 11.9 Å². The number of aliphatic hydroxyl groups is 9. The first-order valence-corrected chi connectivity index (χ1v) is 36.7. The van der Waals surface area contributed by atoms with E-state index in [1.54, 1.807) is 61.2 Å². The third-order valence-electron chi connectivity index (χ3n) is 21.9. The zero-order valence-electron chi connectivity index (χ0n) is 61.3. The smallest absolute Gasteiger partial charge is 0.331 e. The summed E-state index contributed by atoms with van der Waals surface area (Å²) in [7, 11) is 4.86. The fraction of sp³-hybridized carbons (Fsp3) is 0.818. The van der Waals surface area contributed by atoms with E-state index in [4.69, 9.17) is 42.6 Å². The van der Waals surface area contributed by atoms with Crippen molar-refractivity contribution >= 4 is 11.9 Å². The molecule has 5 rings (SSSR count). The highest BCUT2D eigenvalue weighted by atomic mass is 16.6. The summed E-state index contributed by atoms with van der Waals surface area (Å²) in [6, 6.07) is 0. The summed E-state index contributed by atoms with van der Waals surface area (Å²) in [5, 5.41) is 105. The number of methoxy groups -OCH3 is 3. The number of esters is 2. The maximum Gasteiger partial charge on any atom is 0.331 e. The molecule has 20 nitrogen and oxygen atoms in total. The third kappa shape index (κ3) is 28.1. The molecule has 5 heterocycles. The molecular formula is C77H130O20. The molecule has 4 bridgehead atoms. The number of fused-ring (bicyclic) bond motifs is 4. The lowest BCUT2D eigenvalue weighted by atomic mass is 9.78. The second-order valence-electron chi connectivity index (χ2n) is 30.1. The van der Waals surface area contributed by atoms with E-state index in [1.165, 1.54) is 12.2 Å². The van der Waals surface area contributed by atoms with Gasteiger partial charge in [-0.15, -0.1) is 0 Å². The minimum atomic E-state index is -1.18. The summed E-state index contributed by atoms with van der Waals surface area (Å²) in [5.74, 6) is -5.62. The van der Waals surface area contributed by atoms with E-state index in [2.05, 4.69) is 0 Å². The number of rotatable bonds is 15. The monoisotopic (exact) mass is 1370 g/mol. The molecule has 0 radical (unpaired) electrons. The Morgan fingerprint density at radius 3 is 1.24 bits per heavy atom. The molecule has 30 atom stereocenters. The molecule has 97 heavy (non-hydrogen) atoms. The van der Waals surface area contributed by atoms with Gasteiger partial charge in [-0.05, 0) is 129 Å². The predicted molar refractivity (Wildman–Crippen MR) is 373 cm³/mol. The van der Waals surface area contributed by atoms with E-state index in [0.29, 0.717) is 75.4 Å². The molecule has 2 saturated heterocycles. The number of allylic oxidation sites excluding steroid dienone is 4. The van der Waals surface area contributed by atoms with E-state index < -0.39 is 139 Å². The Kier molecular flexibility index (Phi) is 36.9. The molecule has 0 amide bonds. The number of ether oxygens (including phenoxy) is 9. The van der Waals surface area contributed by atoms with Crippen LogP contribution in [-0.2, 0) is 52.2 Å². The maximum absolute atomic E-state index is 13.9. The molecule has 9 N–H and O–H groups in total. The zero-order chi connectivity index (χ0) is 71.8. The van der Waals surface area contributed by atoms with Crippen LogP contribution in [0.2, 0.25) is 0 Å². The second kappa shape index (κ2) is 42.4. The van der Waals surface area contributed by atoms with Crippen molar-refractivity contribution in [2.24, 2.45) is 47.3 Å². The zero-order valence-corrected chi connectivity index (χ0v) is 61.3. The Bertz CT molecular complexity index is 2460. The van der Waals surface area contributed by atoms with Crippen LogP contribution in [0.15, 0.2) is 71.9 Å². The summed E-state index contributed by atoms with van der Waals surface area (Å²) < 4.78 is 55.4. The van der Waals surface area contributed by atoms with Crippen LogP contribution < -0.4 is 0 Å². The highest BCUT2D eigenvalue weighted by Gasteiger charge is 2.42. The molecule has 0 aromatic heterocycles. The number of carbonyl (C=O) groups excluding carboxylic acids is 2. The van der Waals surface area contributed by atoms with Gasteiger partial charge in [0.25, 0.3) is 0 Å². The number of cyclic esters (lactones) is 2. The summed E-state index contributed by atoms with van der Waals surface area (Å²) in [6.07, 6.45) is 12.4. The second-order valence-corrected chi connectivity index (χ2v) is 30.1. The van der Waals surface area contributed by atoms with Crippen LogP contribution >= 0.6 is 0 Å². The standard InChI is InChI=1S/C77H130O20/c1-44-22-28-56(78)36-59-19-17-21-62(95-59)41-71(91-15)51(8)67(82)43-69(84)53(10)77(55(12)75(88)47(4)27-31-64-39-65(89-13)35-49(6)93-64)97-73(86)33-25-45(2)23-29-57(79)37-60-18-16-20-61(94-60)40-70(90-14)50(7)66(81)42-68(83)52(9)76(96-72(85)32-24-44)54(11)74(87)46(3)26-30-63-38-58(80)34-48(5)92-63/h16-19,22-25,32-33,46-71,74-84,87-88H,20-21,26-31,34-43H2,1-15H3/t46-,47-,48-,49-,50+,51+,52-,53-,54-,55-,56-,57-,58+,59-,60-,61-,62-,63-,64-,65+,66+,67+,68-,69-,70-,71-,74+,75+,76-,77-/m0/s1. The molecule has 5 aliphatic rings. The SMILES string of the molecule is CO[C@H]1C[C@H](CC[C@H](C)[C@@H](O)[C@H](C)[C@H]2OC(=O)C=CC(C)=CC[C@H](O)C[C@@H]3C=CC[C@@H](C[C@H](OC)[C@H](C)[C@H](O)C[C@H](O)[C@H](C)[C@@H]([C@@H](C)[C@H](O)[C@@H](C)CC[C@H]4C[C@H](O)C[C@H](C)O4)OC(=O)C=CC(C)=CC[C@H](O)C[C@@H]4C=CC[C@@H](C[C@H](OC)[C@H](C)[C@H](O)C[C@H](O)[C@@H]2C)O4)O3)O[C@@H](C)C1. The molecule has 0 saturated carbocycles. The van der Waals surface area contributed by atoms with Crippen LogP contribution in [0.4, 0.5) is 0 Å². The van der Waals surface area contributed by atoms with Gasteiger partial charge in [-0.3, -0.25) is 0 Å². The van der Waals surface area contributed by atoms with Gasteiger partial charge in [-0.2, -0.15) is 0 Å². The van der Waals surface area contributed by atoms with Crippen LogP contribution in [0.1, 0.15) is 199 Å². The Morgan fingerprint density at radius 1 is 0.454 bits per heavy atom. The van der Waals surface area contributed by atoms with Crippen LogP contribution in [0.25, 0.3) is 0 Å². The van der Waals surface area contributed by atoms with Crippen molar-refractivity contribution in [3.63, 3.8) is 0 Å². The first-order valence-electron chi connectivity index (χ1n) is 36.7. The van der Waals surface area contributed by atoms with Gasteiger partial charge in [-0.1, -0.05) is 115 Å². The normalized spacial score (nSPS) is 39.6. The van der Waals surface area contributed by atoms with Gasteiger partial charge in [0.05, 0.1) is 122 Å². The van der Waals surface area contributed by atoms with Crippen molar-refractivity contribution in [1.29, 1.82) is 0 Å². The fourth-order valence-electron chi connectivity index (χ4n) is 15.2. The molecule has 0 aromatic rings. The topological polar surface area (TPSA) is 299 Å².